The van der Waals surface area contributed by atoms with Crippen molar-refractivity contribution in [2.24, 2.45) is 11.7 Å². The fourth-order valence-corrected chi connectivity index (χ4v) is 0.742. The molecule has 56 valence electrons. The van der Waals surface area contributed by atoms with E-state index in [1.807, 2.05) is 6.92 Å². The van der Waals surface area contributed by atoms with E-state index >= 15 is 0 Å². The molecule has 2 heteroatoms. The van der Waals surface area contributed by atoms with Crippen LogP contribution < -0.4 is 5.73 Å². The highest BCUT2D eigenvalue weighted by Gasteiger charge is 2.06. The largest absolute Gasteiger partial charge is 0.328 e. The quantitative estimate of drug-likeness (QED) is 0.604. The highest BCUT2D eigenvalue weighted by atomic mass is 15.1. The lowest BCUT2D eigenvalue weighted by Gasteiger charge is -2.19. The molecule has 0 radical (unpaired) electrons. The molecular formula is C7H18N2. The summed E-state index contributed by atoms with van der Waals surface area (Å²) in [6, 6.07) is 0.312. The maximum absolute atomic E-state index is 5.66. The molecule has 0 aliphatic heterocycles. The summed E-state index contributed by atoms with van der Waals surface area (Å²) in [6.07, 6.45) is 0. The SMILES string of the molecule is C[C@H](N)[C@@H](C)CN(C)C. The molecule has 0 unspecified atom stereocenters. The Morgan fingerprint density at radius 1 is 1.33 bits per heavy atom. The van der Waals surface area contributed by atoms with E-state index in [0.717, 1.165) is 6.54 Å². The lowest BCUT2D eigenvalue weighted by atomic mass is 10.1. The van der Waals surface area contributed by atoms with Gasteiger partial charge in [0.1, 0.15) is 0 Å². The van der Waals surface area contributed by atoms with Gasteiger partial charge in [-0.15, -0.1) is 0 Å². The fraction of sp³-hybridized carbons (Fsp3) is 1.00. The Hall–Kier alpha value is -0.0800. The average Bonchev–Trinajstić information content (AvgIpc) is 1.63. The highest BCUT2D eigenvalue weighted by Crippen LogP contribution is 1.99. The Bertz CT molecular complexity index is 69.3. The van der Waals surface area contributed by atoms with Crippen LogP contribution in [0.25, 0.3) is 0 Å². The minimum absolute atomic E-state index is 0.312. The van der Waals surface area contributed by atoms with Crippen molar-refractivity contribution < 1.29 is 0 Å². The molecular weight excluding hydrogens is 112 g/mol. The maximum Gasteiger partial charge on any atom is 0.00483 e. The number of hydrogen-bond donors (Lipinski definition) is 1. The summed E-state index contributed by atoms with van der Waals surface area (Å²) in [5, 5.41) is 0. The van der Waals surface area contributed by atoms with Crippen LogP contribution in [0.1, 0.15) is 13.8 Å². The molecule has 0 rings (SSSR count). The topological polar surface area (TPSA) is 29.3 Å². The van der Waals surface area contributed by atoms with Crippen LogP contribution in [0.4, 0.5) is 0 Å². The van der Waals surface area contributed by atoms with E-state index in [-0.39, 0.29) is 0 Å². The van der Waals surface area contributed by atoms with Crippen LogP contribution >= 0.6 is 0 Å². The van der Waals surface area contributed by atoms with Gasteiger partial charge < -0.3 is 10.6 Å². The van der Waals surface area contributed by atoms with Gasteiger partial charge in [-0.3, -0.25) is 0 Å². The van der Waals surface area contributed by atoms with Crippen molar-refractivity contribution in [1.82, 2.24) is 4.90 Å². The first-order valence-corrected chi connectivity index (χ1v) is 3.44. The smallest absolute Gasteiger partial charge is 0.00483 e. The van der Waals surface area contributed by atoms with Crippen molar-refractivity contribution in [3.8, 4) is 0 Å². The second-order valence-corrected chi connectivity index (χ2v) is 3.10. The van der Waals surface area contributed by atoms with E-state index in [1.54, 1.807) is 0 Å². The minimum atomic E-state index is 0.312. The first kappa shape index (κ1) is 8.92. The summed E-state index contributed by atoms with van der Waals surface area (Å²) >= 11 is 0. The van der Waals surface area contributed by atoms with Crippen LogP contribution in [-0.2, 0) is 0 Å². The maximum atomic E-state index is 5.66. The minimum Gasteiger partial charge on any atom is -0.328 e. The predicted octanol–water partition coefficient (Wildman–Crippen LogP) is 0.531. The molecule has 0 aliphatic rings. The van der Waals surface area contributed by atoms with Gasteiger partial charge in [-0.1, -0.05) is 6.92 Å². The standard InChI is InChI=1S/C7H18N2/c1-6(7(2)8)5-9(3)4/h6-7H,5,8H2,1-4H3/t6-,7-/m0/s1. The van der Waals surface area contributed by atoms with Crippen LogP contribution in [0, 0.1) is 5.92 Å². The van der Waals surface area contributed by atoms with Crippen molar-refractivity contribution in [2.75, 3.05) is 20.6 Å². The van der Waals surface area contributed by atoms with Crippen molar-refractivity contribution in [2.45, 2.75) is 19.9 Å². The monoisotopic (exact) mass is 130 g/mol. The van der Waals surface area contributed by atoms with Gasteiger partial charge in [0.2, 0.25) is 0 Å². The Balaban J connectivity index is 3.38. The molecule has 9 heavy (non-hydrogen) atoms. The summed E-state index contributed by atoms with van der Waals surface area (Å²) in [4.78, 5) is 2.16. The van der Waals surface area contributed by atoms with Crippen molar-refractivity contribution in [1.29, 1.82) is 0 Å². The molecule has 0 aliphatic carbocycles. The van der Waals surface area contributed by atoms with Crippen molar-refractivity contribution in [3.63, 3.8) is 0 Å². The Labute approximate surface area is 58.0 Å². The summed E-state index contributed by atoms with van der Waals surface area (Å²) in [5.74, 6) is 0.597. The summed E-state index contributed by atoms with van der Waals surface area (Å²) in [5.41, 5.74) is 5.66. The molecule has 0 aromatic rings. The molecule has 0 saturated heterocycles. The van der Waals surface area contributed by atoms with Gasteiger partial charge in [0.25, 0.3) is 0 Å². The van der Waals surface area contributed by atoms with Gasteiger partial charge in [-0.05, 0) is 26.9 Å². The third-order valence-electron chi connectivity index (χ3n) is 1.55. The molecule has 0 aromatic carbocycles. The van der Waals surface area contributed by atoms with E-state index in [9.17, 15) is 0 Å². The first-order valence-electron chi connectivity index (χ1n) is 3.44. The third kappa shape index (κ3) is 4.43. The zero-order chi connectivity index (χ0) is 7.44. The molecule has 0 fully saturated rings. The predicted molar refractivity (Wildman–Crippen MR) is 41.4 cm³/mol. The van der Waals surface area contributed by atoms with Crippen LogP contribution in [0.2, 0.25) is 0 Å². The van der Waals surface area contributed by atoms with E-state index in [0.29, 0.717) is 12.0 Å². The van der Waals surface area contributed by atoms with E-state index in [1.165, 1.54) is 0 Å². The fourth-order valence-electron chi connectivity index (χ4n) is 0.742. The number of rotatable bonds is 3. The highest BCUT2D eigenvalue weighted by molar-refractivity contribution is 4.64. The second kappa shape index (κ2) is 3.85. The van der Waals surface area contributed by atoms with Crippen molar-refractivity contribution in [3.05, 3.63) is 0 Å². The number of nitrogens with zero attached hydrogens (tertiary/aromatic N) is 1. The lowest BCUT2D eigenvalue weighted by Crippen LogP contribution is -2.32. The summed E-state index contributed by atoms with van der Waals surface area (Å²) in [7, 11) is 4.14. The number of nitrogens with two attached hydrogens (primary N) is 1. The van der Waals surface area contributed by atoms with Gasteiger partial charge in [0.05, 0.1) is 0 Å². The molecule has 2 nitrogen and oxygen atoms in total. The zero-order valence-corrected chi connectivity index (χ0v) is 6.89. The molecule has 0 amide bonds. The molecule has 2 N–H and O–H groups in total. The average molecular weight is 130 g/mol. The van der Waals surface area contributed by atoms with Crippen LogP contribution in [-0.4, -0.2) is 31.6 Å². The summed E-state index contributed by atoms with van der Waals surface area (Å²) in [6.45, 7) is 5.30. The molecule has 0 spiro atoms. The Morgan fingerprint density at radius 2 is 1.78 bits per heavy atom. The second-order valence-electron chi connectivity index (χ2n) is 3.10. The van der Waals surface area contributed by atoms with Crippen molar-refractivity contribution >= 4 is 0 Å². The Morgan fingerprint density at radius 3 is 1.89 bits per heavy atom. The zero-order valence-electron chi connectivity index (χ0n) is 6.89. The van der Waals surface area contributed by atoms with Gasteiger partial charge in [0.15, 0.2) is 0 Å². The van der Waals surface area contributed by atoms with Crippen LogP contribution in [0.5, 0.6) is 0 Å². The Kier molecular flexibility index (Phi) is 3.82. The molecule has 2 atom stereocenters. The van der Waals surface area contributed by atoms with Crippen LogP contribution in [0.15, 0.2) is 0 Å². The molecule has 0 saturated carbocycles. The van der Waals surface area contributed by atoms with E-state index < -0.39 is 0 Å². The van der Waals surface area contributed by atoms with Crippen LogP contribution in [0.3, 0.4) is 0 Å². The lowest BCUT2D eigenvalue weighted by molar-refractivity contribution is 0.313. The van der Waals surface area contributed by atoms with E-state index in [4.69, 9.17) is 5.73 Å². The van der Waals surface area contributed by atoms with E-state index in [2.05, 4.69) is 25.9 Å². The summed E-state index contributed by atoms with van der Waals surface area (Å²) < 4.78 is 0. The molecule has 0 bridgehead atoms. The van der Waals surface area contributed by atoms with Gasteiger partial charge >= 0.3 is 0 Å². The normalized spacial score (nSPS) is 18.0. The molecule has 0 aromatic heterocycles. The van der Waals surface area contributed by atoms with Gasteiger partial charge in [-0.25, -0.2) is 0 Å². The third-order valence-corrected chi connectivity index (χ3v) is 1.55. The molecule has 0 heterocycles. The first-order chi connectivity index (χ1) is 4.04. The number of hydrogen-bond acceptors (Lipinski definition) is 2. The van der Waals surface area contributed by atoms with Gasteiger partial charge in [-0.2, -0.15) is 0 Å². The van der Waals surface area contributed by atoms with Gasteiger partial charge in [0, 0.05) is 12.6 Å².